The number of likely N-dealkylation sites (N-methyl/N-ethyl adjacent to an activating group) is 1. The Balaban J connectivity index is 1.55. The Morgan fingerprint density at radius 1 is 0.923 bits per heavy atom. The van der Waals surface area contributed by atoms with Gasteiger partial charge in [0.2, 0.25) is 5.91 Å². The normalized spacial score (nSPS) is 11.8. The Morgan fingerprint density at radius 3 is 2.28 bits per heavy atom. The van der Waals surface area contributed by atoms with Crippen molar-refractivity contribution in [2.24, 2.45) is 5.92 Å². The Morgan fingerprint density at radius 2 is 1.62 bits per heavy atom. The van der Waals surface area contributed by atoms with Crippen molar-refractivity contribution in [1.82, 2.24) is 9.47 Å². The molecule has 0 aliphatic carbocycles. The summed E-state index contributed by atoms with van der Waals surface area (Å²) in [5.74, 6) is 0.355. The average Bonchev–Trinajstić information content (AvgIpc) is 3.30. The molecule has 0 fully saturated rings. The summed E-state index contributed by atoms with van der Waals surface area (Å²) in [6.07, 6.45) is 4.03. The molecule has 3 aromatic carbocycles. The van der Waals surface area contributed by atoms with Crippen molar-refractivity contribution in [2.45, 2.75) is 46.3 Å². The number of esters is 1. The molecular formula is C33H38N2O4. The minimum Gasteiger partial charge on any atom is -0.489 e. The standard InChI is InChI=1S/C33H38N2O4/c1-4-27(33(37)38-5-2)20-28-22-35(23-32(36)34(3)19-18-25-12-8-6-9-13-25)31-17-16-29(21-30(28)31)39-24-26-14-10-7-11-15-26/h6-17,21-22,27H,4-5,18-20,23-24H2,1-3H3. The zero-order chi connectivity index (χ0) is 27.6. The molecule has 0 spiro atoms. The van der Waals surface area contributed by atoms with Gasteiger partial charge in [-0.25, -0.2) is 0 Å². The fraction of sp³-hybridized carbons (Fsp3) is 0.333. The first kappa shape index (κ1) is 28.0. The Kier molecular flexibility index (Phi) is 9.79. The number of carbonyl (C=O) groups is 2. The van der Waals surface area contributed by atoms with E-state index in [1.807, 2.05) is 98.4 Å². The number of hydrogen-bond donors (Lipinski definition) is 0. The quantitative estimate of drug-likeness (QED) is 0.199. The summed E-state index contributed by atoms with van der Waals surface area (Å²) in [6.45, 7) is 5.52. The van der Waals surface area contributed by atoms with E-state index in [2.05, 4.69) is 12.1 Å². The van der Waals surface area contributed by atoms with Crippen LogP contribution in [0.3, 0.4) is 0 Å². The van der Waals surface area contributed by atoms with Gasteiger partial charge in [-0.1, -0.05) is 67.6 Å². The van der Waals surface area contributed by atoms with Gasteiger partial charge in [0.25, 0.3) is 0 Å². The van der Waals surface area contributed by atoms with Crippen LogP contribution in [-0.2, 0) is 40.3 Å². The molecule has 0 saturated heterocycles. The predicted molar refractivity (Wildman–Crippen MR) is 155 cm³/mol. The van der Waals surface area contributed by atoms with Crippen LogP contribution in [0.4, 0.5) is 0 Å². The van der Waals surface area contributed by atoms with Crippen molar-refractivity contribution in [3.05, 3.63) is 102 Å². The van der Waals surface area contributed by atoms with E-state index in [0.29, 0.717) is 32.6 Å². The summed E-state index contributed by atoms with van der Waals surface area (Å²) < 4.78 is 13.4. The zero-order valence-electron chi connectivity index (χ0n) is 23.1. The second-order valence-corrected chi connectivity index (χ2v) is 9.85. The van der Waals surface area contributed by atoms with Gasteiger partial charge in [0.05, 0.1) is 12.5 Å². The molecule has 39 heavy (non-hydrogen) atoms. The summed E-state index contributed by atoms with van der Waals surface area (Å²) in [6, 6.07) is 26.2. The molecule has 0 aliphatic heterocycles. The third-order valence-electron chi connectivity index (χ3n) is 7.07. The molecule has 1 unspecified atom stereocenters. The smallest absolute Gasteiger partial charge is 0.309 e. The highest BCUT2D eigenvalue weighted by Gasteiger charge is 2.22. The van der Waals surface area contributed by atoms with Crippen LogP contribution in [0, 0.1) is 5.92 Å². The number of rotatable bonds is 13. The number of amides is 1. The van der Waals surface area contributed by atoms with Crippen LogP contribution in [-0.4, -0.2) is 41.5 Å². The van der Waals surface area contributed by atoms with Gasteiger partial charge in [0.15, 0.2) is 0 Å². The van der Waals surface area contributed by atoms with Crippen molar-refractivity contribution in [2.75, 3.05) is 20.2 Å². The van der Waals surface area contributed by atoms with Crippen molar-refractivity contribution in [1.29, 1.82) is 0 Å². The van der Waals surface area contributed by atoms with Gasteiger partial charge >= 0.3 is 5.97 Å². The van der Waals surface area contributed by atoms with E-state index < -0.39 is 0 Å². The molecule has 0 N–H and O–H groups in total. The monoisotopic (exact) mass is 526 g/mol. The van der Waals surface area contributed by atoms with E-state index in [9.17, 15) is 9.59 Å². The van der Waals surface area contributed by atoms with Gasteiger partial charge in [-0.2, -0.15) is 0 Å². The fourth-order valence-electron chi connectivity index (χ4n) is 4.73. The van der Waals surface area contributed by atoms with Gasteiger partial charge < -0.3 is 18.9 Å². The highest BCUT2D eigenvalue weighted by atomic mass is 16.5. The molecule has 1 heterocycles. The van der Waals surface area contributed by atoms with Crippen LogP contribution in [0.15, 0.2) is 85.1 Å². The van der Waals surface area contributed by atoms with E-state index in [4.69, 9.17) is 9.47 Å². The lowest BCUT2D eigenvalue weighted by Crippen LogP contribution is -2.31. The van der Waals surface area contributed by atoms with Gasteiger partial charge in [0, 0.05) is 30.7 Å². The first-order valence-electron chi connectivity index (χ1n) is 13.7. The number of fused-ring (bicyclic) bond motifs is 1. The number of aromatic nitrogens is 1. The third kappa shape index (κ3) is 7.50. The van der Waals surface area contributed by atoms with Crippen LogP contribution in [0.5, 0.6) is 5.75 Å². The van der Waals surface area contributed by atoms with Crippen LogP contribution < -0.4 is 4.74 Å². The van der Waals surface area contributed by atoms with E-state index >= 15 is 0 Å². The van der Waals surface area contributed by atoms with E-state index in [-0.39, 0.29) is 24.3 Å². The molecule has 6 nitrogen and oxygen atoms in total. The molecule has 0 bridgehead atoms. The van der Waals surface area contributed by atoms with Gasteiger partial charge in [-0.3, -0.25) is 9.59 Å². The lowest BCUT2D eigenvalue weighted by Gasteiger charge is -2.18. The molecular weight excluding hydrogens is 488 g/mol. The second kappa shape index (κ2) is 13.7. The number of ether oxygens (including phenoxy) is 2. The van der Waals surface area contributed by atoms with E-state index in [1.165, 1.54) is 5.56 Å². The Labute approximate surface area is 231 Å². The second-order valence-electron chi connectivity index (χ2n) is 9.85. The first-order valence-corrected chi connectivity index (χ1v) is 13.7. The first-order chi connectivity index (χ1) is 19.0. The molecule has 6 heteroatoms. The van der Waals surface area contributed by atoms with Crippen LogP contribution in [0.2, 0.25) is 0 Å². The zero-order valence-corrected chi connectivity index (χ0v) is 23.1. The molecule has 0 saturated carbocycles. The number of benzene rings is 3. The summed E-state index contributed by atoms with van der Waals surface area (Å²) in [5, 5.41) is 0.989. The maximum Gasteiger partial charge on any atom is 0.309 e. The minimum atomic E-state index is -0.248. The van der Waals surface area contributed by atoms with E-state index in [1.54, 1.807) is 4.90 Å². The molecule has 4 aromatic rings. The van der Waals surface area contributed by atoms with Crippen molar-refractivity contribution in [3.8, 4) is 5.75 Å². The van der Waals surface area contributed by atoms with Crippen molar-refractivity contribution >= 4 is 22.8 Å². The number of hydrogen-bond acceptors (Lipinski definition) is 4. The molecule has 0 radical (unpaired) electrons. The minimum absolute atomic E-state index is 0.0382. The number of nitrogens with zero attached hydrogens (tertiary/aromatic N) is 2. The molecule has 204 valence electrons. The average molecular weight is 527 g/mol. The fourth-order valence-corrected chi connectivity index (χ4v) is 4.73. The maximum absolute atomic E-state index is 13.2. The molecule has 1 aromatic heterocycles. The summed E-state index contributed by atoms with van der Waals surface area (Å²) in [4.78, 5) is 27.6. The summed E-state index contributed by atoms with van der Waals surface area (Å²) in [5.41, 5.74) is 4.25. The highest BCUT2D eigenvalue weighted by Crippen LogP contribution is 2.29. The summed E-state index contributed by atoms with van der Waals surface area (Å²) in [7, 11) is 1.85. The molecule has 1 atom stereocenters. The lowest BCUT2D eigenvalue weighted by molar-refractivity contribution is -0.148. The Bertz CT molecular complexity index is 1360. The van der Waals surface area contributed by atoms with Gasteiger partial charge in [-0.15, -0.1) is 0 Å². The molecule has 1 amide bonds. The largest absolute Gasteiger partial charge is 0.489 e. The van der Waals surface area contributed by atoms with Crippen molar-refractivity contribution in [3.63, 3.8) is 0 Å². The third-order valence-corrected chi connectivity index (χ3v) is 7.07. The van der Waals surface area contributed by atoms with Gasteiger partial charge in [-0.05, 0) is 61.1 Å². The Hall–Kier alpha value is -4.06. The van der Waals surface area contributed by atoms with Crippen LogP contribution in [0.25, 0.3) is 10.9 Å². The van der Waals surface area contributed by atoms with Gasteiger partial charge in [0.1, 0.15) is 18.9 Å². The predicted octanol–water partition coefficient (Wildman–Crippen LogP) is 6.05. The molecule has 0 aliphatic rings. The van der Waals surface area contributed by atoms with Crippen molar-refractivity contribution < 1.29 is 19.1 Å². The van der Waals surface area contributed by atoms with E-state index in [0.717, 1.165) is 34.2 Å². The summed E-state index contributed by atoms with van der Waals surface area (Å²) >= 11 is 0. The maximum atomic E-state index is 13.2. The molecule has 4 rings (SSSR count). The van der Waals surface area contributed by atoms with Crippen LogP contribution in [0.1, 0.15) is 37.0 Å². The lowest BCUT2D eigenvalue weighted by atomic mass is 9.96. The SMILES string of the molecule is CCOC(=O)C(CC)Cc1cn(CC(=O)N(C)CCc2ccccc2)c2ccc(OCc3ccccc3)cc12. The number of carbonyl (C=O) groups excluding carboxylic acids is 2. The highest BCUT2D eigenvalue weighted by molar-refractivity contribution is 5.88. The van der Waals surface area contributed by atoms with Crippen LogP contribution >= 0.6 is 0 Å². The topological polar surface area (TPSA) is 60.8 Å².